The van der Waals surface area contributed by atoms with Crippen molar-refractivity contribution < 1.29 is 0 Å². The lowest BCUT2D eigenvalue weighted by Crippen LogP contribution is -2.31. The predicted octanol–water partition coefficient (Wildman–Crippen LogP) is 2.30. The summed E-state index contributed by atoms with van der Waals surface area (Å²) in [5, 5.41) is 3.70. The van der Waals surface area contributed by atoms with Crippen LogP contribution in [0.3, 0.4) is 0 Å². The van der Waals surface area contributed by atoms with Crippen LogP contribution in [0, 0.1) is 0 Å². The topological polar surface area (TPSA) is 15.3 Å². The average molecular weight is 232 g/mol. The summed E-state index contributed by atoms with van der Waals surface area (Å²) in [6.45, 7) is 3.61. The molecule has 1 saturated heterocycles. The lowest BCUT2D eigenvalue weighted by Gasteiger charge is -2.16. The summed E-state index contributed by atoms with van der Waals surface area (Å²) < 4.78 is 0. The Morgan fingerprint density at radius 2 is 2.00 bits per heavy atom. The Morgan fingerprint density at radius 1 is 1.18 bits per heavy atom. The Bertz CT molecular complexity index is 310. The van der Waals surface area contributed by atoms with Crippen molar-refractivity contribution in [2.75, 3.05) is 26.7 Å². The van der Waals surface area contributed by atoms with Crippen molar-refractivity contribution in [3.63, 3.8) is 0 Å². The van der Waals surface area contributed by atoms with Crippen molar-refractivity contribution >= 4 is 0 Å². The van der Waals surface area contributed by atoms with Gasteiger partial charge in [0.1, 0.15) is 0 Å². The highest BCUT2D eigenvalue weighted by atomic mass is 15.1. The summed E-state index contributed by atoms with van der Waals surface area (Å²) in [6.07, 6.45) is 5.11. The molecule has 2 rings (SSSR count). The Morgan fingerprint density at radius 3 is 2.82 bits per heavy atom. The Labute approximate surface area is 105 Å². The monoisotopic (exact) mass is 232 g/mol. The van der Waals surface area contributed by atoms with Crippen LogP contribution in [0.1, 0.15) is 24.8 Å². The van der Waals surface area contributed by atoms with Crippen LogP contribution < -0.4 is 5.32 Å². The summed E-state index contributed by atoms with van der Waals surface area (Å²) in [4.78, 5) is 2.44. The fraction of sp³-hybridized carbons (Fsp3) is 0.600. The van der Waals surface area contributed by atoms with Gasteiger partial charge in [-0.1, -0.05) is 30.3 Å². The van der Waals surface area contributed by atoms with Gasteiger partial charge in [0.05, 0.1) is 0 Å². The molecule has 2 heteroatoms. The van der Waals surface area contributed by atoms with E-state index in [1.807, 2.05) is 0 Å². The molecule has 1 fully saturated rings. The van der Waals surface area contributed by atoms with E-state index in [1.54, 1.807) is 0 Å². The first-order chi connectivity index (χ1) is 8.34. The number of nitrogens with one attached hydrogen (secondary N) is 1. The zero-order valence-corrected chi connectivity index (χ0v) is 10.9. The smallest absolute Gasteiger partial charge is 0.00798 e. The van der Waals surface area contributed by atoms with E-state index < -0.39 is 0 Å². The van der Waals surface area contributed by atoms with E-state index in [9.17, 15) is 0 Å². The molecule has 0 saturated carbocycles. The van der Waals surface area contributed by atoms with Gasteiger partial charge in [0.15, 0.2) is 0 Å². The van der Waals surface area contributed by atoms with Crippen LogP contribution >= 0.6 is 0 Å². The molecule has 1 atom stereocenters. The van der Waals surface area contributed by atoms with Crippen LogP contribution in [-0.4, -0.2) is 37.6 Å². The van der Waals surface area contributed by atoms with Gasteiger partial charge >= 0.3 is 0 Å². The van der Waals surface area contributed by atoms with E-state index in [4.69, 9.17) is 0 Å². The molecule has 1 aromatic carbocycles. The number of nitrogens with zero attached hydrogens (tertiary/aromatic N) is 1. The summed E-state index contributed by atoms with van der Waals surface area (Å²) in [5.74, 6) is 0. The molecule has 0 spiro atoms. The molecule has 1 aliphatic heterocycles. The SMILES string of the molecule is CN1CCCC(NCCc2ccccc2)CC1. The van der Waals surface area contributed by atoms with Crippen molar-refractivity contribution in [2.24, 2.45) is 0 Å². The normalized spacial score (nSPS) is 22.3. The molecule has 17 heavy (non-hydrogen) atoms. The third kappa shape index (κ3) is 4.49. The van der Waals surface area contributed by atoms with Crippen LogP contribution in [-0.2, 0) is 6.42 Å². The van der Waals surface area contributed by atoms with Crippen molar-refractivity contribution in [1.82, 2.24) is 10.2 Å². The van der Waals surface area contributed by atoms with E-state index >= 15 is 0 Å². The second-order valence-electron chi connectivity index (χ2n) is 5.12. The van der Waals surface area contributed by atoms with E-state index in [1.165, 1.54) is 37.9 Å². The second-order valence-corrected chi connectivity index (χ2v) is 5.12. The van der Waals surface area contributed by atoms with Gasteiger partial charge < -0.3 is 10.2 Å². The maximum atomic E-state index is 3.70. The molecule has 2 nitrogen and oxygen atoms in total. The fourth-order valence-electron chi connectivity index (χ4n) is 2.51. The molecule has 1 N–H and O–H groups in total. The zero-order valence-electron chi connectivity index (χ0n) is 10.9. The molecule has 94 valence electrons. The highest BCUT2D eigenvalue weighted by molar-refractivity contribution is 5.14. The summed E-state index contributed by atoms with van der Waals surface area (Å²) in [7, 11) is 2.23. The number of hydrogen-bond acceptors (Lipinski definition) is 2. The van der Waals surface area contributed by atoms with Crippen molar-refractivity contribution in [3.05, 3.63) is 35.9 Å². The molecule has 0 aliphatic carbocycles. The average Bonchev–Trinajstić information content (AvgIpc) is 2.56. The molecule has 1 aromatic rings. The van der Waals surface area contributed by atoms with Gasteiger partial charge in [-0.05, 0) is 57.9 Å². The third-order valence-corrected chi connectivity index (χ3v) is 3.64. The first kappa shape index (κ1) is 12.6. The zero-order chi connectivity index (χ0) is 11.9. The minimum Gasteiger partial charge on any atom is -0.314 e. The van der Waals surface area contributed by atoms with Crippen molar-refractivity contribution in [1.29, 1.82) is 0 Å². The number of likely N-dealkylation sites (tertiary alicyclic amines) is 1. The summed E-state index contributed by atoms with van der Waals surface area (Å²) in [6, 6.07) is 11.5. The molecular weight excluding hydrogens is 208 g/mol. The molecule has 0 amide bonds. The van der Waals surface area contributed by atoms with Gasteiger partial charge in [-0.2, -0.15) is 0 Å². The minimum absolute atomic E-state index is 0.726. The molecule has 1 aliphatic rings. The van der Waals surface area contributed by atoms with Gasteiger partial charge in [-0.25, -0.2) is 0 Å². The molecule has 0 radical (unpaired) electrons. The lowest BCUT2D eigenvalue weighted by molar-refractivity contribution is 0.344. The Kier molecular flexibility index (Phi) is 5.02. The lowest BCUT2D eigenvalue weighted by atomic mass is 10.1. The molecule has 1 heterocycles. The maximum Gasteiger partial charge on any atom is 0.00798 e. The van der Waals surface area contributed by atoms with E-state index in [2.05, 4.69) is 47.6 Å². The van der Waals surface area contributed by atoms with E-state index in [0.29, 0.717) is 0 Å². The van der Waals surface area contributed by atoms with Crippen LogP contribution in [0.2, 0.25) is 0 Å². The van der Waals surface area contributed by atoms with Gasteiger partial charge in [0.25, 0.3) is 0 Å². The van der Waals surface area contributed by atoms with Crippen LogP contribution in [0.5, 0.6) is 0 Å². The summed E-state index contributed by atoms with van der Waals surface area (Å²) >= 11 is 0. The third-order valence-electron chi connectivity index (χ3n) is 3.64. The fourth-order valence-corrected chi connectivity index (χ4v) is 2.51. The largest absolute Gasteiger partial charge is 0.314 e. The molecule has 1 unspecified atom stereocenters. The second kappa shape index (κ2) is 6.77. The maximum absolute atomic E-state index is 3.70. The molecule has 0 aromatic heterocycles. The van der Waals surface area contributed by atoms with Gasteiger partial charge in [-0.3, -0.25) is 0 Å². The first-order valence-corrected chi connectivity index (χ1v) is 6.80. The minimum atomic E-state index is 0.726. The van der Waals surface area contributed by atoms with Crippen molar-refractivity contribution in [3.8, 4) is 0 Å². The highest BCUT2D eigenvalue weighted by Gasteiger charge is 2.13. The standard InChI is InChI=1S/C15H24N2/c1-17-12-5-8-15(10-13-17)16-11-9-14-6-3-2-4-7-14/h2-4,6-7,15-16H,5,8-13H2,1H3. The highest BCUT2D eigenvalue weighted by Crippen LogP contribution is 2.09. The van der Waals surface area contributed by atoms with Crippen LogP contribution in [0.4, 0.5) is 0 Å². The van der Waals surface area contributed by atoms with Crippen molar-refractivity contribution in [2.45, 2.75) is 31.7 Å². The number of rotatable bonds is 4. The Hall–Kier alpha value is -0.860. The van der Waals surface area contributed by atoms with Gasteiger partial charge in [0.2, 0.25) is 0 Å². The van der Waals surface area contributed by atoms with E-state index in [-0.39, 0.29) is 0 Å². The first-order valence-electron chi connectivity index (χ1n) is 6.80. The number of hydrogen-bond donors (Lipinski definition) is 1. The Balaban J connectivity index is 1.68. The summed E-state index contributed by atoms with van der Waals surface area (Å²) in [5.41, 5.74) is 1.44. The molecule has 0 bridgehead atoms. The quantitative estimate of drug-likeness (QED) is 0.857. The predicted molar refractivity (Wildman–Crippen MR) is 73.3 cm³/mol. The number of benzene rings is 1. The van der Waals surface area contributed by atoms with Gasteiger partial charge in [-0.15, -0.1) is 0 Å². The van der Waals surface area contributed by atoms with E-state index in [0.717, 1.165) is 19.0 Å². The van der Waals surface area contributed by atoms with Crippen LogP contribution in [0.25, 0.3) is 0 Å². The van der Waals surface area contributed by atoms with Crippen LogP contribution in [0.15, 0.2) is 30.3 Å². The van der Waals surface area contributed by atoms with Gasteiger partial charge in [0, 0.05) is 6.04 Å². The molecular formula is C15H24N2.